The SMILES string of the molecule is Cc1ccc(CNc2ccc([N+](=O)[O-])cc2C#N)cc1Cl. The normalized spacial score (nSPS) is 9.95. The van der Waals surface area contributed by atoms with Crippen LogP contribution in [0.2, 0.25) is 5.02 Å². The number of halogens is 1. The summed E-state index contributed by atoms with van der Waals surface area (Å²) in [5, 5.41) is 23.5. The largest absolute Gasteiger partial charge is 0.380 e. The molecule has 0 fully saturated rings. The third-order valence-corrected chi connectivity index (χ3v) is 3.46. The van der Waals surface area contributed by atoms with Gasteiger partial charge in [-0.05, 0) is 30.2 Å². The Morgan fingerprint density at radius 2 is 2.10 bits per heavy atom. The Balaban J connectivity index is 2.18. The molecule has 21 heavy (non-hydrogen) atoms. The smallest absolute Gasteiger partial charge is 0.270 e. The number of hydrogen-bond acceptors (Lipinski definition) is 4. The summed E-state index contributed by atoms with van der Waals surface area (Å²) in [6.07, 6.45) is 0. The number of nitro benzene ring substituents is 1. The fourth-order valence-corrected chi connectivity index (χ4v) is 2.04. The molecule has 0 heterocycles. The molecule has 0 unspecified atom stereocenters. The van der Waals surface area contributed by atoms with E-state index in [4.69, 9.17) is 16.9 Å². The van der Waals surface area contributed by atoms with Gasteiger partial charge in [-0.2, -0.15) is 5.26 Å². The predicted molar refractivity (Wildman–Crippen MR) is 81.3 cm³/mol. The highest BCUT2D eigenvalue weighted by Crippen LogP contribution is 2.23. The third kappa shape index (κ3) is 3.50. The van der Waals surface area contributed by atoms with Gasteiger partial charge in [0.2, 0.25) is 0 Å². The number of nitrogens with zero attached hydrogens (tertiary/aromatic N) is 2. The molecular formula is C15H12ClN3O2. The highest BCUT2D eigenvalue weighted by atomic mass is 35.5. The Morgan fingerprint density at radius 1 is 1.33 bits per heavy atom. The summed E-state index contributed by atoms with van der Waals surface area (Å²) in [5.74, 6) is 0. The molecule has 0 saturated heterocycles. The maximum atomic E-state index is 10.7. The van der Waals surface area contributed by atoms with Crippen molar-refractivity contribution in [1.29, 1.82) is 5.26 Å². The van der Waals surface area contributed by atoms with E-state index in [1.54, 1.807) is 0 Å². The zero-order valence-corrected chi connectivity index (χ0v) is 12.0. The number of nitriles is 1. The first-order chi connectivity index (χ1) is 10.0. The average molecular weight is 302 g/mol. The van der Waals surface area contributed by atoms with Gasteiger partial charge in [-0.3, -0.25) is 10.1 Å². The van der Waals surface area contributed by atoms with Crippen molar-refractivity contribution in [3.63, 3.8) is 0 Å². The molecule has 0 bridgehead atoms. The van der Waals surface area contributed by atoms with E-state index in [0.29, 0.717) is 17.3 Å². The Bertz CT molecular complexity index is 738. The zero-order valence-electron chi connectivity index (χ0n) is 11.3. The Morgan fingerprint density at radius 3 is 2.71 bits per heavy atom. The lowest BCUT2D eigenvalue weighted by atomic mass is 10.1. The van der Waals surface area contributed by atoms with Crippen molar-refractivity contribution >= 4 is 23.0 Å². The number of aryl methyl sites for hydroxylation is 1. The first-order valence-corrected chi connectivity index (χ1v) is 6.56. The van der Waals surface area contributed by atoms with E-state index in [2.05, 4.69) is 5.32 Å². The van der Waals surface area contributed by atoms with Gasteiger partial charge in [-0.1, -0.05) is 23.7 Å². The lowest BCUT2D eigenvalue weighted by Crippen LogP contribution is -2.02. The molecule has 0 aliphatic heterocycles. The molecule has 0 aromatic heterocycles. The summed E-state index contributed by atoms with van der Waals surface area (Å²) < 4.78 is 0. The fourth-order valence-electron chi connectivity index (χ4n) is 1.84. The van der Waals surface area contributed by atoms with Crippen molar-refractivity contribution in [3.05, 3.63) is 68.2 Å². The molecule has 2 rings (SSSR count). The van der Waals surface area contributed by atoms with E-state index in [1.807, 2.05) is 31.2 Å². The van der Waals surface area contributed by atoms with Crippen LogP contribution in [-0.4, -0.2) is 4.92 Å². The van der Waals surface area contributed by atoms with Crippen molar-refractivity contribution in [3.8, 4) is 6.07 Å². The summed E-state index contributed by atoms with van der Waals surface area (Å²) in [7, 11) is 0. The first kappa shape index (κ1) is 14.8. The minimum atomic E-state index is -0.523. The second-order valence-corrected chi connectivity index (χ2v) is 4.94. The molecule has 2 aromatic rings. The third-order valence-electron chi connectivity index (χ3n) is 3.05. The molecular weight excluding hydrogens is 290 g/mol. The van der Waals surface area contributed by atoms with E-state index in [1.165, 1.54) is 18.2 Å². The molecule has 0 aliphatic rings. The molecule has 0 spiro atoms. The van der Waals surface area contributed by atoms with Crippen molar-refractivity contribution < 1.29 is 4.92 Å². The van der Waals surface area contributed by atoms with Crippen LogP contribution in [0.3, 0.4) is 0 Å². The number of nitro groups is 1. The number of benzene rings is 2. The van der Waals surface area contributed by atoms with Crippen molar-refractivity contribution in [1.82, 2.24) is 0 Å². The molecule has 6 heteroatoms. The van der Waals surface area contributed by atoms with Crippen LogP contribution in [0.15, 0.2) is 36.4 Å². The predicted octanol–water partition coefficient (Wildman–Crippen LogP) is 4.04. The van der Waals surface area contributed by atoms with Gasteiger partial charge in [-0.15, -0.1) is 0 Å². The zero-order chi connectivity index (χ0) is 15.4. The number of hydrogen-bond donors (Lipinski definition) is 1. The van der Waals surface area contributed by atoms with Gasteiger partial charge >= 0.3 is 0 Å². The van der Waals surface area contributed by atoms with Crippen LogP contribution in [0.1, 0.15) is 16.7 Å². The van der Waals surface area contributed by atoms with Crippen LogP contribution < -0.4 is 5.32 Å². The molecule has 0 atom stereocenters. The van der Waals surface area contributed by atoms with Crippen molar-refractivity contribution in [2.24, 2.45) is 0 Å². The Hall–Kier alpha value is -2.58. The van der Waals surface area contributed by atoms with E-state index < -0.39 is 4.92 Å². The van der Waals surface area contributed by atoms with Crippen molar-refractivity contribution in [2.45, 2.75) is 13.5 Å². The van der Waals surface area contributed by atoms with Gasteiger partial charge in [0.1, 0.15) is 6.07 Å². The first-order valence-electron chi connectivity index (χ1n) is 6.18. The topological polar surface area (TPSA) is 79.0 Å². The minimum Gasteiger partial charge on any atom is -0.380 e. The Kier molecular flexibility index (Phi) is 4.41. The molecule has 0 saturated carbocycles. The second kappa shape index (κ2) is 6.25. The van der Waals surface area contributed by atoms with E-state index in [-0.39, 0.29) is 11.3 Å². The van der Waals surface area contributed by atoms with Gasteiger partial charge in [0.15, 0.2) is 0 Å². The van der Waals surface area contributed by atoms with Crippen LogP contribution in [0.5, 0.6) is 0 Å². The summed E-state index contributed by atoms with van der Waals surface area (Å²) in [5.41, 5.74) is 2.65. The maximum Gasteiger partial charge on any atom is 0.270 e. The van der Waals surface area contributed by atoms with Crippen molar-refractivity contribution in [2.75, 3.05) is 5.32 Å². The molecule has 0 aliphatic carbocycles. The van der Waals surface area contributed by atoms with Crippen LogP contribution >= 0.6 is 11.6 Å². The van der Waals surface area contributed by atoms with Gasteiger partial charge in [0, 0.05) is 23.7 Å². The van der Waals surface area contributed by atoms with Crippen LogP contribution in [0.4, 0.5) is 11.4 Å². The van der Waals surface area contributed by atoms with E-state index in [0.717, 1.165) is 11.1 Å². The van der Waals surface area contributed by atoms with Gasteiger partial charge < -0.3 is 5.32 Å². The van der Waals surface area contributed by atoms with Gasteiger partial charge in [-0.25, -0.2) is 0 Å². The fraction of sp³-hybridized carbons (Fsp3) is 0.133. The quantitative estimate of drug-likeness (QED) is 0.682. The lowest BCUT2D eigenvalue weighted by Gasteiger charge is -2.09. The highest BCUT2D eigenvalue weighted by molar-refractivity contribution is 6.31. The summed E-state index contributed by atoms with van der Waals surface area (Å²) in [4.78, 5) is 10.2. The van der Waals surface area contributed by atoms with E-state index in [9.17, 15) is 10.1 Å². The number of non-ortho nitro benzene ring substituents is 1. The van der Waals surface area contributed by atoms with Crippen LogP contribution in [-0.2, 0) is 6.54 Å². The summed E-state index contributed by atoms with van der Waals surface area (Å²) in [6.45, 7) is 2.40. The summed E-state index contributed by atoms with van der Waals surface area (Å²) >= 11 is 6.05. The van der Waals surface area contributed by atoms with Gasteiger partial charge in [0.05, 0.1) is 16.2 Å². The van der Waals surface area contributed by atoms with E-state index >= 15 is 0 Å². The molecule has 0 amide bonds. The summed E-state index contributed by atoms with van der Waals surface area (Å²) in [6, 6.07) is 11.8. The number of nitrogens with one attached hydrogen (secondary N) is 1. The second-order valence-electron chi connectivity index (χ2n) is 4.54. The molecule has 5 nitrogen and oxygen atoms in total. The minimum absolute atomic E-state index is 0.101. The molecule has 2 aromatic carbocycles. The maximum absolute atomic E-state index is 10.7. The average Bonchev–Trinajstić information content (AvgIpc) is 2.48. The molecule has 0 radical (unpaired) electrons. The molecule has 1 N–H and O–H groups in total. The van der Waals surface area contributed by atoms with Crippen LogP contribution in [0, 0.1) is 28.4 Å². The monoisotopic (exact) mass is 301 g/mol. The standard InChI is InChI=1S/C15H12ClN3O2/c1-10-2-3-11(6-14(10)16)9-18-15-5-4-13(19(20)21)7-12(15)8-17/h2-7,18H,9H2,1H3. The lowest BCUT2D eigenvalue weighted by molar-refractivity contribution is -0.384. The number of rotatable bonds is 4. The molecule has 106 valence electrons. The Labute approximate surface area is 126 Å². The van der Waals surface area contributed by atoms with Crippen LogP contribution in [0.25, 0.3) is 0 Å². The van der Waals surface area contributed by atoms with Gasteiger partial charge in [0.25, 0.3) is 5.69 Å². The highest BCUT2D eigenvalue weighted by Gasteiger charge is 2.10. The number of anilines is 1.